The third-order valence-corrected chi connectivity index (χ3v) is 6.38. The van der Waals surface area contributed by atoms with Gasteiger partial charge in [-0.2, -0.15) is 0 Å². The minimum absolute atomic E-state index is 0.107. The summed E-state index contributed by atoms with van der Waals surface area (Å²) in [5.74, 6) is -0.107. The van der Waals surface area contributed by atoms with Crippen LogP contribution >= 0.6 is 0 Å². The predicted octanol–water partition coefficient (Wildman–Crippen LogP) is 4.69. The van der Waals surface area contributed by atoms with E-state index in [1.165, 1.54) is 0 Å². The summed E-state index contributed by atoms with van der Waals surface area (Å²) in [5, 5.41) is 0. The molecule has 1 saturated heterocycles. The Balaban J connectivity index is 2.55. The van der Waals surface area contributed by atoms with E-state index < -0.39 is 5.60 Å². The van der Waals surface area contributed by atoms with E-state index in [-0.39, 0.29) is 11.4 Å². The van der Waals surface area contributed by atoms with E-state index in [0.717, 1.165) is 51.0 Å². The summed E-state index contributed by atoms with van der Waals surface area (Å²) in [4.78, 5) is 17.6. The Morgan fingerprint density at radius 1 is 1.18 bits per heavy atom. The summed E-state index contributed by atoms with van der Waals surface area (Å²) in [5.41, 5.74) is 0.338. The Bertz CT molecular complexity index is 614. The molecule has 1 fully saturated rings. The second kappa shape index (κ2) is 9.89. The highest BCUT2D eigenvalue weighted by Crippen LogP contribution is 2.51. The van der Waals surface area contributed by atoms with Crippen LogP contribution in [0.3, 0.4) is 0 Å². The molecule has 3 unspecified atom stereocenters. The van der Waals surface area contributed by atoms with Crippen molar-refractivity contribution >= 4 is 5.97 Å². The standard InChI is InChI=1S/C24H40N2O2/c1-7-15-26(16-8-2)19-23(5)18-25(6)20(4)17-24(23,28-22(27)9-3)21-13-11-10-12-14-21/h10-14,20H,7-9,15-19H2,1-6H3. The highest BCUT2D eigenvalue weighted by molar-refractivity contribution is 5.70. The van der Waals surface area contributed by atoms with Gasteiger partial charge in [-0.1, -0.05) is 58.0 Å². The first kappa shape index (κ1) is 22.9. The molecule has 0 N–H and O–H groups in total. The second-order valence-electron chi connectivity index (χ2n) is 8.83. The van der Waals surface area contributed by atoms with Gasteiger partial charge < -0.3 is 14.5 Å². The van der Waals surface area contributed by atoms with Crippen LogP contribution in [0.4, 0.5) is 0 Å². The van der Waals surface area contributed by atoms with Crippen LogP contribution in [0, 0.1) is 5.41 Å². The molecule has 0 amide bonds. The number of ether oxygens (including phenoxy) is 1. The van der Waals surface area contributed by atoms with Crippen molar-refractivity contribution in [2.75, 3.05) is 33.2 Å². The van der Waals surface area contributed by atoms with Gasteiger partial charge in [0.25, 0.3) is 0 Å². The van der Waals surface area contributed by atoms with Crippen LogP contribution in [0.5, 0.6) is 0 Å². The number of rotatable bonds is 9. The molecule has 1 aromatic carbocycles. The number of hydrogen-bond acceptors (Lipinski definition) is 4. The van der Waals surface area contributed by atoms with Gasteiger partial charge in [-0.3, -0.25) is 4.79 Å². The summed E-state index contributed by atoms with van der Waals surface area (Å²) < 4.78 is 6.41. The SMILES string of the molecule is CCCN(CCC)CC1(C)CN(C)C(C)CC1(OC(=O)CC)c1ccccc1. The molecule has 3 atom stereocenters. The maximum atomic E-state index is 12.6. The van der Waals surface area contributed by atoms with Gasteiger partial charge in [0, 0.05) is 37.4 Å². The molecule has 158 valence electrons. The molecule has 28 heavy (non-hydrogen) atoms. The highest BCUT2D eigenvalue weighted by Gasteiger charge is 2.57. The lowest BCUT2D eigenvalue weighted by atomic mass is 9.63. The van der Waals surface area contributed by atoms with Crippen LogP contribution in [-0.4, -0.2) is 55.0 Å². The van der Waals surface area contributed by atoms with E-state index in [4.69, 9.17) is 4.74 Å². The quantitative estimate of drug-likeness (QED) is 0.575. The lowest BCUT2D eigenvalue weighted by Gasteiger charge is -2.57. The van der Waals surface area contributed by atoms with E-state index in [1.807, 2.05) is 13.0 Å². The highest BCUT2D eigenvalue weighted by atomic mass is 16.6. The van der Waals surface area contributed by atoms with Crippen molar-refractivity contribution in [2.24, 2.45) is 5.41 Å². The largest absolute Gasteiger partial charge is 0.453 e. The molecule has 4 heteroatoms. The number of piperidine rings is 1. The van der Waals surface area contributed by atoms with Crippen molar-refractivity contribution in [3.05, 3.63) is 35.9 Å². The van der Waals surface area contributed by atoms with Gasteiger partial charge in [-0.15, -0.1) is 0 Å². The summed E-state index contributed by atoms with van der Waals surface area (Å²) in [7, 11) is 2.20. The number of benzene rings is 1. The number of carbonyl (C=O) groups excluding carboxylic acids is 1. The first-order valence-electron chi connectivity index (χ1n) is 11.0. The van der Waals surface area contributed by atoms with E-state index in [2.05, 4.69) is 68.8 Å². The minimum Gasteiger partial charge on any atom is -0.453 e. The molecule has 4 nitrogen and oxygen atoms in total. The molecule has 1 aliphatic heterocycles. The molecule has 1 aromatic rings. The summed E-state index contributed by atoms with van der Waals surface area (Å²) in [6.07, 6.45) is 3.50. The predicted molar refractivity (Wildman–Crippen MR) is 116 cm³/mol. The van der Waals surface area contributed by atoms with Gasteiger partial charge in [0.1, 0.15) is 5.60 Å². The fourth-order valence-electron chi connectivity index (χ4n) is 4.89. The molecule has 2 rings (SSSR count). The second-order valence-corrected chi connectivity index (χ2v) is 8.83. The lowest BCUT2D eigenvalue weighted by Crippen LogP contribution is -2.63. The van der Waals surface area contributed by atoms with Crippen LogP contribution in [0.1, 0.15) is 65.9 Å². The van der Waals surface area contributed by atoms with E-state index in [1.54, 1.807) is 0 Å². The maximum Gasteiger partial charge on any atom is 0.306 e. The van der Waals surface area contributed by atoms with Crippen molar-refractivity contribution in [2.45, 2.75) is 71.9 Å². The normalized spacial score (nSPS) is 28.5. The molecule has 0 aromatic heterocycles. The monoisotopic (exact) mass is 388 g/mol. The van der Waals surface area contributed by atoms with Crippen molar-refractivity contribution in [3.63, 3.8) is 0 Å². The van der Waals surface area contributed by atoms with Gasteiger partial charge in [0.15, 0.2) is 0 Å². The molecule has 0 saturated carbocycles. The van der Waals surface area contributed by atoms with Gasteiger partial charge >= 0.3 is 5.97 Å². The third-order valence-electron chi connectivity index (χ3n) is 6.38. The van der Waals surface area contributed by atoms with Gasteiger partial charge in [-0.25, -0.2) is 0 Å². The van der Waals surface area contributed by atoms with Crippen LogP contribution in [-0.2, 0) is 15.1 Å². The average molecular weight is 389 g/mol. The number of hydrogen-bond donors (Lipinski definition) is 0. The van der Waals surface area contributed by atoms with Gasteiger partial charge in [-0.05, 0) is 45.5 Å². The molecule has 0 spiro atoms. The van der Waals surface area contributed by atoms with Crippen LogP contribution < -0.4 is 0 Å². The smallest absolute Gasteiger partial charge is 0.306 e. The van der Waals surface area contributed by atoms with Crippen LogP contribution in [0.2, 0.25) is 0 Å². The Hall–Kier alpha value is -1.39. The Morgan fingerprint density at radius 2 is 1.79 bits per heavy atom. The molecule has 1 heterocycles. The fourth-order valence-corrected chi connectivity index (χ4v) is 4.89. The van der Waals surface area contributed by atoms with E-state index in [0.29, 0.717) is 12.5 Å². The number of likely N-dealkylation sites (tertiary alicyclic amines) is 1. The third kappa shape index (κ3) is 4.77. The van der Waals surface area contributed by atoms with Crippen molar-refractivity contribution in [1.82, 2.24) is 9.80 Å². The van der Waals surface area contributed by atoms with Crippen molar-refractivity contribution < 1.29 is 9.53 Å². The van der Waals surface area contributed by atoms with Crippen molar-refractivity contribution in [1.29, 1.82) is 0 Å². The van der Waals surface area contributed by atoms with E-state index >= 15 is 0 Å². The Labute approximate surface area is 172 Å². The lowest BCUT2D eigenvalue weighted by molar-refractivity contribution is -0.201. The minimum atomic E-state index is -0.604. The Morgan fingerprint density at radius 3 is 2.32 bits per heavy atom. The maximum absolute atomic E-state index is 12.6. The zero-order chi connectivity index (χ0) is 20.8. The van der Waals surface area contributed by atoms with Gasteiger partial charge in [0.2, 0.25) is 0 Å². The Kier molecular flexibility index (Phi) is 8.08. The first-order chi connectivity index (χ1) is 13.3. The fraction of sp³-hybridized carbons (Fsp3) is 0.708. The molecule has 0 radical (unpaired) electrons. The summed E-state index contributed by atoms with van der Waals surface area (Å²) in [6, 6.07) is 10.8. The van der Waals surface area contributed by atoms with Crippen LogP contribution in [0.25, 0.3) is 0 Å². The molecule has 0 bridgehead atoms. The number of carbonyl (C=O) groups is 1. The van der Waals surface area contributed by atoms with E-state index in [9.17, 15) is 4.79 Å². The van der Waals surface area contributed by atoms with Gasteiger partial charge in [0.05, 0.1) is 0 Å². The average Bonchev–Trinajstić information content (AvgIpc) is 2.67. The summed E-state index contributed by atoms with van der Waals surface area (Å²) in [6.45, 7) is 14.9. The molecule has 0 aliphatic carbocycles. The first-order valence-corrected chi connectivity index (χ1v) is 11.0. The molecule has 1 aliphatic rings. The topological polar surface area (TPSA) is 32.8 Å². The zero-order valence-corrected chi connectivity index (χ0v) is 18.8. The summed E-state index contributed by atoms with van der Waals surface area (Å²) >= 11 is 0. The molecular formula is C24H40N2O2. The van der Waals surface area contributed by atoms with Crippen LogP contribution in [0.15, 0.2) is 30.3 Å². The number of nitrogens with zero attached hydrogens (tertiary/aromatic N) is 2. The molecular weight excluding hydrogens is 348 g/mol. The zero-order valence-electron chi connectivity index (χ0n) is 18.8. The number of esters is 1. The van der Waals surface area contributed by atoms with Crippen molar-refractivity contribution in [3.8, 4) is 0 Å².